The highest BCUT2D eigenvalue weighted by atomic mass is 32.2. The zero-order valence-electron chi connectivity index (χ0n) is 12.9. The van der Waals surface area contributed by atoms with Gasteiger partial charge in [0.1, 0.15) is 0 Å². The van der Waals surface area contributed by atoms with Crippen molar-refractivity contribution < 1.29 is 9.47 Å². The highest BCUT2D eigenvalue weighted by molar-refractivity contribution is 7.98. The Balaban J connectivity index is 1.68. The van der Waals surface area contributed by atoms with Crippen LogP contribution in [0.15, 0.2) is 53.7 Å². The number of thioether (sulfide) groups is 1. The third-order valence-electron chi connectivity index (χ3n) is 3.33. The van der Waals surface area contributed by atoms with Crippen LogP contribution in [-0.2, 0) is 5.75 Å². The van der Waals surface area contributed by atoms with Gasteiger partial charge in [-0.15, -0.1) is 5.10 Å². The first kappa shape index (κ1) is 15.4. The third-order valence-corrected chi connectivity index (χ3v) is 4.25. The summed E-state index contributed by atoms with van der Waals surface area (Å²) >= 11 is 1.57. The molecule has 23 heavy (non-hydrogen) atoms. The van der Waals surface area contributed by atoms with Crippen LogP contribution in [0.1, 0.15) is 5.56 Å². The molecule has 0 atom stereocenters. The fourth-order valence-electron chi connectivity index (χ4n) is 2.15. The Labute approximate surface area is 139 Å². The van der Waals surface area contributed by atoms with E-state index in [0.29, 0.717) is 0 Å². The van der Waals surface area contributed by atoms with Crippen LogP contribution >= 0.6 is 11.8 Å². The molecule has 0 bridgehead atoms. The van der Waals surface area contributed by atoms with Crippen molar-refractivity contribution >= 4 is 11.8 Å². The molecule has 1 N–H and O–H groups in total. The molecule has 0 amide bonds. The lowest BCUT2D eigenvalue weighted by Crippen LogP contribution is -1.92. The van der Waals surface area contributed by atoms with E-state index in [1.165, 1.54) is 0 Å². The van der Waals surface area contributed by atoms with Gasteiger partial charge in [-0.2, -0.15) is 0 Å². The zero-order valence-corrected chi connectivity index (χ0v) is 13.8. The summed E-state index contributed by atoms with van der Waals surface area (Å²) in [6.07, 6.45) is 0. The SMILES string of the molecule is COc1ccc(CSc2n[nH]c(-c3ccccc3)n2)cc1OC. The molecule has 118 valence electrons. The van der Waals surface area contributed by atoms with Crippen LogP contribution in [0.25, 0.3) is 11.4 Å². The number of ether oxygens (including phenoxy) is 2. The average Bonchev–Trinajstić information content (AvgIpc) is 3.09. The van der Waals surface area contributed by atoms with E-state index in [9.17, 15) is 0 Å². The number of aromatic nitrogens is 3. The monoisotopic (exact) mass is 327 g/mol. The molecule has 0 aliphatic rings. The van der Waals surface area contributed by atoms with Crippen molar-refractivity contribution in [2.24, 2.45) is 0 Å². The predicted molar refractivity (Wildman–Crippen MR) is 90.9 cm³/mol. The van der Waals surface area contributed by atoms with Gasteiger partial charge in [-0.1, -0.05) is 48.2 Å². The molecule has 2 aromatic carbocycles. The second kappa shape index (κ2) is 7.19. The molecule has 0 saturated heterocycles. The average molecular weight is 327 g/mol. The van der Waals surface area contributed by atoms with Gasteiger partial charge in [-0.05, 0) is 17.7 Å². The van der Waals surface area contributed by atoms with Gasteiger partial charge in [-0.25, -0.2) is 4.98 Å². The van der Waals surface area contributed by atoms with Gasteiger partial charge in [-0.3, -0.25) is 5.10 Å². The van der Waals surface area contributed by atoms with Gasteiger partial charge in [0.05, 0.1) is 14.2 Å². The van der Waals surface area contributed by atoms with Crippen molar-refractivity contribution in [1.29, 1.82) is 0 Å². The van der Waals surface area contributed by atoms with Crippen LogP contribution < -0.4 is 9.47 Å². The fraction of sp³-hybridized carbons (Fsp3) is 0.176. The van der Waals surface area contributed by atoms with Crippen LogP contribution in [-0.4, -0.2) is 29.4 Å². The Kier molecular flexibility index (Phi) is 4.83. The quantitative estimate of drug-likeness (QED) is 0.698. The first-order chi connectivity index (χ1) is 11.3. The zero-order chi connectivity index (χ0) is 16.1. The standard InChI is InChI=1S/C17H17N3O2S/c1-21-14-9-8-12(10-15(14)22-2)11-23-17-18-16(19-20-17)13-6-4-3-5-7-13/h3-10H,11H2,1-2H3,(H,18,19,20). The number of nitrogens with one attached hydrogen (secondary N) is 1. The van der Waals surface area contributed by atoms with Crippen LogP contribution in [0.2, 0.25) is 0 Å². The maximum Gasteiger partial charge on any atom is 0.209 e. The van der Waals surface area contributed by atoms with Gasteiger partial charge in [0.2, 0.25) is 5.16 Å². The van der Waals surface area contributed by atoms with E-state index < -0.39 is 0 Å². The molecular weight excluding hydrogens is 310 g/mol. The van der Waals surface area contributed by atoms with Crippen LogP contribution in [0, 0.1) is 0 Å². The van der Waals surface area contributed by atoms with Gasteiger partial charge in [0, 0.05) is 11.3 Å². The molecule has 1 aromatic heterocycles. The minimum absolute atomic E-state index is 0.721. The molecule has 0 aliphatic heterocycles. The van der Waals surface area contributed by atoms with Crippen molar-refractivity contribution in [3.8, 4) is 22.9 Å². The highest BCUT2D eigenvalue weighted by Crippen LogP contribution is 2.30. The van der Waals surface area contributed by atoms with Crippen molar-refractivity contribution in [2.45, 2.75) is 10.9 Å². The molecule has 0 saturated carbocycles. The van der Waals surface area contributed by atoms with E-state index in [1.807, 2.05) is 48.5 Å². The Bertz CT molecular complexity index is 775. The number of rotatable bonds is 6. The summed E-state index contributed by atoms with van der Waals surface area (Å²) in [6, 6.07) is 15.8. The van der Waals surface area contributed by atoms with Crippen molar-refractivity contribution in [3.05, 3.63) is 54.1 Å². The summed E-state index contributed by atoms with van der Waals surface area (Å²) in [6.45, 7) is 0. The van der Waals surface area contributed by atoms with Gasteiger partial charge in [0.15, 0.2) is 17.3 Å². The summed E-state index contributed by atoms with van der Waals surface area (Å²) < 4.78 is 10.6. The third kappa shape index (κ3) is 3.65. The van der Waals surface area contributed by atoms with E-state index in [2.05, 4.69) is 15.2 Å². The summed E-state index contributed by atoms with van der Waals surface area (Å²) in [4.78, 5) is 4.51. The number of H-pyrrole nitrogens is 1. The van der Waals surface area contributed by atoms with Crippen molar-refractivity contribution in [3.63, 3.8) is 0 Å². The van der Waals surface area contributed by atoms with Crippen LogP contribution in [0.5, 0.6) is 11.5 Å². The largest absolute Gasteiger partial charge is 0.493 e. The molecule has 0 radical (unpaired) electrons. The molecule has 6 heteroatoms. The minimum atomic E-state index is 0.721. The predicted octanol–water partition coefficient (Wildman–Crippen LogP) is 3.78. The van der Waals surface area contributed by atoms with E-state index in [0.717, 1.165) is 39.4 Å². The fourth-order valence-corrected chi connectivity index (χ4v) is 2.90. The maximum atomic E-state index is 5.32. The number of hydrogen-bond donors (Lipinski definition) is 1. The Morgan fingerprint density at radius 2 is 1.78 bits per heavy atom. The summed E-state index contributed by atoms with van der Waals surface area (Å²) in [5.74, 6) is 2.99. The van der Waals surface area contributed by atoms with E-state index in [4.69, 9.17) is 9.47 Å². The number of benzene rings is 2. The summed E-state index contributed by atoms with van der Waals surface area (Å²) in [5.41, 5.74) is 2.15. The van der Waals surface area contributed by atoms with Gasteiger partial charge >= 0.3 is 0 Å². The molecule has 5 nitrogen and oxygen atoms in total. The lowest BCUT2D eigenvalue weighted by Gasteiger charge is -2.08. The lowest BCUT2D eigenvalue weighted by atomic mass is 10.2. The van der Waals surface area contributed by atoms with Gasteiger partial charge in [0.25, 0.3) is 0 Å². The van der Waals surface area contributed by atoms with Gasteiger partial charge < -0.3 is 9.47 Å². The second-order valence-electron chi connectivity index (χ2n) is 4.81. The molecule has 3 rings (SSSR count). The van der Waals surface area contributed by atoms with Crippen LogP contribution in [0.4, 0.5) is 0 Å². The summed E-state index contributed by atoms with van der Waals surface area (Å²) in [5, 5.41) is 7.95. The maximum absolute atomic E-state index is 5.32. The Morgan fingerprint density at radius 1 is 1.00 bits per heavy atom. The smallest absolute Gasteiger partial charge is 0.209 e. The van der Waals surface area contributed by atoms with E-state index >= 15 is 0 Å². The van der Waals surface area contributed by atoms with Crippen molar-refractivity contribution in [2.75, 3.05) is 14.2 Å². The lowest BCUT2D eigenvalue weighted by molar-refractivity contribution is 0.354. The first-order valence-electron chi connectivity index (χ1n) is 7.11. The molecular formula is C17H17N3O2S. The summed E-state index contributed by atoms with van der Waals surface area (Å²) in [7, 11) is 3.27. The molecule has 0 spiro atoms. The van der Waals surface area contributed by atoms with E-state index in [1.54, 1.807) is 26.0 Å². The number of hydrogen-bond acceptors (Lipinski definition) is 5. The highest BCUT2D eigenvalue weighted by Gasteiger charge is 2.08. The van der Waals surface area contributed by atoms with Crippen molar-refractivity contribution in [1.82, 2.24) is 15.2 Å². The number of aromatic amines is 1. The minimum Gasteiger partial charge on any atom is -0.493 e. The number of nitrogens with zero attached hydrogens (tertiary/aromatic N) is 2. The first-order valence-corrected chi connectivity index (χ1v) is 8.10. The molecule has 3 aromatic rings. The Morgan fingerprint density at radius 3 is 2.52 bits per heavy atom. The number of methoxy groups -OCH3 is 2. The molecule has 1 heterocycles. The molecule has 0 unspecified atom stereocenters. The normalized spacial score (nSPS) is 10.5. The molecule has 0 fully saturated rings. The van der Waals surface area contributed by atoms with E-state index in [-0.39, 0.29) is 0 Å². The molecule has 0 aliphatic carbocycles. The van der Waals surface area contributed by atoms with Crippen LogP contribution in [0.3, 0.4) is 0 Å². The Hall–Kier alpha value is -2.47. The second-order valence-corrected chi connectivity index (χ2v) is 5.75. The topological polar surface area (TPSA) is 60.0 Å².